The van der Waals surface area contributed by atoms with E-state index in [4.69, 9.17) is 0 Å². The summed E-state index contributed by atoms with van der Waals surface area (Å²) in [7, 11) is 3.50. The molecule has 1 saturated carbocycles. The number of hydrogen-bond donors (Lipinski definition) is 0. The van der Waals surface area contributed by atoms with E-state index in [1.165, 1.54) is 25.7 Å². The highest BCUT2D eigenvalue weighted by Crippen LogP contribution is 2.29. The molecule has 0 spiro atoms. The van der Waals surface area contributed by atoms with Crippen LogP contribution in [0, 0.1) is 5.92 Å². The van der Waals surface area contributed by atoms with E-state index < -0.39 is 0 Å². The van der Waals surface area contributed by atoms with Gasteiger partial charge in [-0.2, -0.15) is 0 Å². The average molecular weight is 286 g/mol. The number of carbonyl (C=O) groups excluding carboxylic acids is 1. The van der Waals surface area contributed by atoms with Crippen molar-refractivity contribution in [2.75, 3.05) is 0 Å². The van der Waals surface area contributed by atoms with Crippen molar-refractivity contribution in [3.8, 4) is 0 Å². The second-order valence-electron chi connectivity index (χ2n) is 6.22. The maximum Gasteiger partial charge on any atom is 0.328 e. The van der Waals surface area contributed by atoms with Gasteiger partial charge in [0.1, 0.15) is 0 Å². The maximum atomic E-state index is 12.4. The van der Waals surface area contributed by atoms with Gasteiger partial charge in [-0.15, -0.1) is 0 Å². The molecule has 2 aromatic rings. The first-order valence-corrected chi connectivity index (χ1v) is 7.76. The maximum absolute atomic E-state index is 12.4. The molecule has 1 fully saturated rings. The summed E-state index contributed by atoms with van der Waals surface area (Å²) in [5.74, 6) is 0.930. The first-order valence-electron chi connectivity index (χ1n) is 7.76. The average Bonchev–Trinajstić information content (AvgIpc) is 3.09. The summed E-state index contributed by atoms with van der Waals surface area (Å²) >= 11 is 0. The van der Waals surface area contributed by atoms with Gasteiger partial charge in [-0.1, -0.05) is 25.7 Å². The molecule has 1 heterocycles. The van der Waals surface area contributed by atoms with Crippen molar-refractivity contribution in [1.82, 2.24) is 9.13 Å². The Morgan fingerprint density at radius 2 is 1.81 bits per heavy atom. The zero-order valence-electron chi connectivity index (χ0n) is 12.8. The third-order valence-corrected chi connectivity index (χ3v) is 4.85. The Hall–Kier alpha value is -1.84. The molecule has 3 rings (SSSR count). The van der Waals surface area contributed by atoms with Crippen LogP contribution in [0.1, 0.15) is 48.9 Å². The van der Waals surface area contributed by atoms with E-state index in [1.807, 2.05) is 18.2 Å². The van der Waals surface area contributed by atoms with E-state index in [0.29, 0.717) is 6.42 Å². The highest BCUT2D eigenvalue weighted by molar-refractivity contribution is 5.99. The Labute approximate surface area is 124 Å². The summed E-state index contributed by atoms with van der Waals surface area (Å²) in [4.78, 5) is 24.3. The largest absolute Gasteiger partial charge is 0.328 e. The number of nitrogens with zero attached hydrogens (tertiary/aromatic N) is 2. The standard InChI is InChI=1S/C17H22N2O2/c1-18-14-9-8-13(11-15(14)19(2)17(18)21)16(20)10-7-12-5-3-4-6-12/h8-9,11-12H,3-7,10H2,1-2H3. The molecule has 1 aliphatic rings. The predicted octanol–water partition coefficient (Wildman–Crippen LogP) is 3.03. The molecule has 0 radical (unpaired) electrons. The van der Waals surface area contributed by atoms with Crippen LogP contribution in [0.25, 0.3) is 11.0 Å². The van der Waals surface area contributed by atoms with Gasteiger partial charge in [0.2, 0.25) is 0 Å². The Kier molecular flexibility index (Phi) is 3.70. The minimum atomic E-state index is -0.0550. The number of hydrogen-bond acceptors (Lipinski definition) is 2. The molecule has 0 bridgehead atoms. The molecular weight excluding hydrogens is 264 g/mol. The van der Waals surface area contributed by atoms with E-state index in [1.54, 1.807) is 23.2 Å². The number of aryl methyl sites for hydroxylation is 2. The first kappa shape index (κ1) is 14.1. The number of fused-ring (bicyclic) bond motifs is 1. The van der Waals surface area contributed by atoms with Crippen LogP contribution >= 0.6 is 0 Å². The van der Waals surface area contributed by atoms with Gasteiger partial charge in [0, 0.05) is 26.1 Å². The minimum Gasteiger partial charge on any atom is -0.295 e. The number of imidazole rings is 1. The predicted molar refractivity (Wildman–Crippen MR) is 83.7 cm³/mol. The van der Waals surface area contributed by atoms with Crippen molar-refractivity contribution in [2.24, 2.45) is 20.0 Å². The lowest BCUT2D eigenvalue weighted by atomic mass is 9.97. The zero-order valence-corrected chi connectivity index (χ0v) is 12.8. The van der Waals surface area contributed by atoms with Crippen LogP contribution in [-0.4, -0.2) is 14.9 Å². The number of Topliss-reactive ketones (excluding diaryl/α,β-unsaturated/α-hetero) is 1. The number of carbonyl (C=O) groups is 1. The van der Waals surface area contributed by atoms with Crippen molar-refractivity contribution in [3.63, 3.8) is 0 Å². The van der Waals surface area contributed by atoms with Crippen LogP contribution in [0.5, 0.6) is 0 Å². The van der Waals surface area contributed by atoms with Gasteiger partial charge in [0.05, 0.1) is 11.0 Å². The monoisotopic (exact) mass is 286 g/mol. The molecule has 1 aliphatic carbocycles. The number of rotatable bonds is 4. The van der Waals surface area contributed by atoms with Crippen LogP contribution in [0.3, 0.4) is 0 Å². The third kappa shape index (κ3) is 2.55. The smallest absolute Gasteiger partial charge is 0.295 e. The summed E-state index contributed by atoms with van der Waals surface area (Å²) in [6.07, 6.45) is 6.81. The fraction of sp³-hybridized carbons (Fsp3) is 0.529. The van der Waals surface area contributed by atoms with Crippen LogP contribution < -0.4 is 5.69 Å². The lowest BCUT2D eigenvalue weighted by Crippen LogP contribution is -2.19. The van der Waals surface area contributed by atoms with Gasteiger partial charge in [-0.25, -0.2) is 4.79 Å². The molecule has 21 heavy (non-hydrogen) atoms. The quantitative estimate of drug-likeness (QED) is 0.811. The van der Waals surface area contributed by atoms with Crippen molar-refractivity contribution in [1.29, 1.82) is 0 Å². The van der Waals surface area contributed by atoms with Gasteiger partial charge < -0.3 is 0 Å². The van der Waals surface area contributed by atoms with E-state index in [9.17, 15) is 9.59 Å². The van der Waals surface area contributed by atoms with Crippen LogP contribution in [0.4, 0.5) is 0 Å². The van der Waals surface area contributed by atoms with Crippen LogP contribution in [-0.2, 0) is 14.1 Å². The zero-order chi connectivity index (χ0) is 15.0. The second-order valence-corrected chi connectivity index (χ2v) is 6.22. The summed E-state index contributed by atoms with van der Waals surface area (Å²) in [5, 5.41) is 0. The lowest BCUT2D eigenvalue weighted by Gasteiger charge is -2.08. The summed E-state index contributed by atoms with van der Waals surface area (Å²) in [6, 6.07) is 5.58. The summed E-state index contributed by atoms with van der Waals surface area (Å²) in [6.45, 7) is 0. The SMILES string of the molecule is Cn1c(=O)n(C)c2cc(C(=O)CCC3CCCC3)ccc21. The molecule has 0 unspecified atom stereocenters. The molecule has 1 aromatic heterocycles. The van der Waals surface area contributed by atoms with Gasteiger partial charge in [-0.3, -0.25) is 13.9 Å². The number of benzene rings is 1. The van der Waals surface area contributed by atoms with Crippen LogP contribution in [0.15, 0.2) is 23.0 Å². The molecule has 4 heteroatoms. The third-order valence-electron chi connectivity index (χ3n) is 4.85. The summed E-state index contributed by atoms with van der Waals surface area (Å²) in [5.41, 5.74) is 2.37. The molecule has 4 nitrogen and oxygen atoms in total. The first-order chi connectivity index (χ1) is 10.1. The van der Waals surface area contributed by atoms with Gasteiger partial charge in [-0.05, 0) is 30.5 Å². The van der Waals surface area contributed by atoms with E-state index in [0.717, 1.165) is 28.9 Å². The molecular formula is C17H22N2O2. The Morgan fingerprint density at radius 1 is 1.14 bits per heavy atom. The highest BCUT2D eigenvalue weighted by atomic mass is 16.1. The van der Waals surface area contributed by atoms with Crippen molar-refractivity contribution < 1.29 is 4.79 Å². The van der Waals surface area contributed by atoms with Crippen LogP contribution in [0.2, 0.25) is 0 Å². The second kappa shape index (κ2) is 5.51. The fourth-order valence-corrected chi connectivity index (χ4v) is 3.46. The molecule has 0 aliphatic heterocycles. The Morgan fingerprint density at radius 3 is 2.52 bits per heavy atom. The van der Waals surface area contributed by atoms with E-state index in [-0.39, 0.29) is 11.5 Å². The molecule has 1 aromatic carbocycles. The van der Waals surface area contributed by atoms with Crippen molar-refractivity contribution in [3.05, 3.63) is 34.2 Å². The molecule has 0 N–H and O–H groups in total. The molecule has 112 valence electrons. The summed E-state index contributed by atoms with van der Waals surface area (Å²) < 4.78 is 3.21. The normalized spacial score (nSPS) is 15.9. The van der Waals surface area contributed by atoms with Gasteiger partial charge in [0.25, 0.3) is 0 Å². The fourth-order valence-electron chi connectivity index (χ4n) is 3.46. The Bertz CT molecular complexity index is 733. The molecule has 0 amide bonds. The minimum absolute atomic E-state index is 0.0550. The van der Waals surface area contributed by atoms with Gasteiger partial charge in [0.15, 0.2) is 5.78 Å². The van der Waals surface area contributed by atoms with E-state index in [2.05, 4.69) is 0 Å². The number of ketones is 1. The topological polar surface area (TPSA) is 44.0 Å². The van der Waals surface area contributed by atoms with Gasteiger partial charge >= 0.3 is 5.69 Å². The molecule has 0 saturated heterocycles. The Balaban J connectivity index is 1.81. The van der Waals surface area contributed by atoms with E-state index >= 15 is 0 Å². The van der Waals surface area contributed by atoms with Crippen molar-refractivity contribution >= 4 is 16.8 Å². The lowest BCUT2D eigenvalue weighted by molar-refractivity contribution is 0.0974. The highest BCUT2D eigenvalue weighted by Gasteiger charge is 2.17. The molecule has 0 atom stereocenters. The van der Waals surface area contributed by atoms with Crippen molar-refractivity contribution in [2.45, 2.75) is 38.5 Å². The number of aromatic nitrogens is 2.